The molecular formula is C17H23FN2O2. The Labute approximate surface area is 130 Å². The second kappa shape index (κ2) is 7.38. The Morgan fingerprint density at radius 2 is 1.86 bits per heavy atom. The van der Waals surface area contributed by atoms with Crippen LogP contribution in [0.4, 0.5) is 4.39 Å². The normalized spacial score (nSPS) is 15.7. The third-order valence-electron chi connectivity index (χ3n) is 4.28. The molecule has 1 fully saturated rings. The van der Waals surface area contributed by atoms with Crippen LogP contribution in [0.5, 0.6) is 0 Å². The first-order valence-electron chi connectivity index (χ1n) is 7.90. The highest BCUT2D eigenvalue weighted by Gasteiger charge is 2.29. The minimum atomic E-state index is -0.405. The third-order valence-corrected chi connectivity index (χ3v) is 4.28. The smallest absolute Gasteiger partial charge is 0.253 e. The first kappa shape index (κ1) is 16.5. The fourth-order valence-electron chi connectivity index (χ4n) is 2.93. The van der Waals surface area contributed by atoms with Gasteiger partial charge in [-0.1, -0.05) is 6.07 Å². The van der Waals surface area contributed by atoms with Crippen molar-refractivity contribution in [3.63, 3.8) is 0 Å². The lowest BCUT2D eigenvalue weighted by atomic mass is 9.94. The van der Waals surface area contributed by atoms with Crippen molar-refractivity contribution in [1.82, 2.24) is 9.80 Å². The molecule has 5 heteroatoms. The number of halogens is 1. The van der Waals surface area contributed by atoms with Gasteiger partial charge in [-0.2, -0.15) is 0 Å². The summed E-state index contributed by atoms with van der Waals surface area (Å²) in [6, 6.07) is 5.75. The maximum absolute atomic E-state index is 13.2. The number of carbonyl (C=O) groups is 2. The Morgan fingerprint density at radius 3 is 2.41 bits per heavy atom. The number of rotatable bonds is 4. The summed E-state index contributed by atoms with van der Waals surface area (Å²) in [5.41, 5.74) is 0.369. The summed E-state index contributed by atoms with van der Waals surface area (Å²) in [5, 5.41) is 0. The van der Waals surface area contributed by atoms with E-state index in [2.05, 4.69) is 0 Å². The number of benzene rings is 1. The monoisotopic (exact) mass is 306 g/mol. The third kappa shape index (κ3) is 3.64. The molecule has 0 aromatic heterocycles. The molecule has 1 aromatic rings. The zero-order chi connectivity index (χ0) is 16.1. The maximum atomic E-state index is 13.2. The predicted molar refractivity (Wildman–Crippen MR) is 83.0 cm³/mol. The Kier molecular flexibility index (Phi) is 5.52. The number of amides is 2. The number of carbonyl (C=O) groups excluding carboxylic acids is 2. The molecule has 2 rings (SSSR count). The summed E-state index contributed by atoms with van der Waals surface area (Å²) in [6.45, 7) is 6.49. The van der Waals surface area contributed by atoms with E-state index >= 15 is 0 Å². The van der Waals surface area contributed by atoms with Crippen LogP contribution in [0, 0.1) is 11.7 Å². The summed E-state index contributed by atoms with van der Waals surface area (Å²) < 4.78 is 13.2. The zero-order valence-corrected chi connectivity index (χ0v) is 13.2. The van der Waals surface area contributed by atoms with E-state index in [1.807, 2.05) is 18.7 Å². The summed E-state index contributed by atoms with van der Waals surface area (Å²) in [4.78, 5) is 28.2. The molecule has 0 spiro atoms. The Morgan fingerprint density at radius 1 is 1.23 bits per heavy atom. The quantitative estimate of drug-likeness (QED) is 0.858. The molecule has 0 atom stereocenters. The van der Waals surface area contributed by atoms with Gasteiger partial charge in [0.05, 0.1) is 0 Å². The second-order valence-electron chi connectivity index (χ2n) is 5.59. The van der Waals surface area contributed by atoms with E-state index < -0.39 is 5.82 Å². The number of likely N-dealkylation sites (tertiary alicyclic amines) is 1. The van der Waals surface area contributed by atoms with Gasteiger partial charge in [-0.15, -0.1) is 0 Å². The van der Waals surface area contributed by atoms with Crippen molar-refractivity contribution >= 4 is 11.8 Å². The van der Waals surface area contributed by atoms with Crippen molar-refractivity contribution in [2.24, 2.45) is 5.92 Å². The van der Waals surface area contributed by atoms with Crippen LogP contribution in [0.25, 0.3) is 0 Å². The number of hydrogen-bond acceptors (Lipinski definition) is 2. The highest BCUT2D eigenvalue weighted by Crippen LogP contribution is 2.21. The van der Waals surface area contributed by atoms with Crippen LogP contribution in [0.1, 0.15) is 37.0 Å². The minimum absolute atomic E-state index is 0.00328. The van der Waals surface area contributed by atoms with Crippen LogP contribution in [0.3, 0.4) is 0 Å². The van der Waals surface area contributed by atoms with E-state index in [1.165, 1.54) is 12.1 Å². The molecule has 22 heavy (non-hydrogen) atoms. The lowest BCUT2D eigenvalue weighted by Crippen LogP contribution is -2.44. The topological polar surface area (TPSA) is 40.6 Å². The molecule has 0 unspecified atom stereocenters. The number of nitrogens with zero attached hydrogens (tertiary/aromatic N) is 2. The van der Waals surface area contributed by atoms with Gasteiger partial charge < -0.3 is 9.80 Å². The van der Waals surface area contributed by atoms with Gasteiger partial charge in [0.1, 0.15) is 5.82 Å². The molecule has 1 heterocycles. The highest BCUT2D eigenvalue weighted by atomic mass is 19.1. The molecule has 1 aromatic carbocycles. The van der Waals surface area contributed by atoms with E-state index in [-0.39, 0.29) is 17.7 Å². The van der Waals surface area contributed by atoms with Crippen molar-refractivity contribution in [3.05, 3.63) is 35.6 Å². The molecule has 2 amide bonds. The van der Waals surface area contributed by atoms with Crippen molar-refractivity contribution < 1.29 is 14.0 Å². The van der Waals surface area contributed by atoms with Crippen LogP contribution in [0.2, 0.25) is 0 Å². The van der Waals surface area contributed by atoms with Gasteiger partial charge in [0, 0.05) is 37.7 Å². The van der Waals surface area contributed by atoms with Gasteiger partial charge in [-0.25, -0.2) is 4.39 Å². The molecule has 1 saturated heterocycles. The lowest BCUT2D eigenvalue weighted by molar-refractivity contribution is -0.136. The molecule has 4 nitrogen and oxygen atoms in total. The first-order valence-corrected chi connectivity index (χ1v) is 7.90. The largest absolute Gasteiger partial charge is 0.343 e. The van der Waals surface area contributed by atoms with Crippen LogP contribution < -0.4 is 0 Å². The molecule has 0 N–H and O–H groups in total. The van der Waals surface area contributed by atoms with Crippen LogP contribution in [-0.2, 0) is 4.79 Å². The van der Waals surface area contributed by atoms with Gasteiger partial charge in [-0.05, 0) is 44.9 Å². The molecule has 0 aliphatic carbocycles. The fourth-order valence-corrected chi connectivity index (χ4v) is 2.93. The van der Waals surface area contributed by atoms with Gasteiger partial charge in [0.25, 0.3) is 5.91 Å². The Bertz CT molecular complexity index is 535. The molecular weight excluding hydrogens is 283 g/mol. The Hall–Kier alpha value is -1.91. The van der Waals surface area contributed by atoms with E-state index in [4.69, 9.17) is 0 Å². The molecule has 0 saturated carbocycles. The van der Waals surface area contributed by atoms with Gasteiger partial charge in [0.2, 0.25) is 5.91 Å². The lowest BCUT2D eigenvalue weighted by Gasteiger charge is -2.33. The van der Waals surface area contributed by atoms with Crippen LogP contribution in [0.15, 0.2) is 24.3 Å². The summed E-state index contributed by atoms with van der Waals surface area (Å²) in [6.07, 6.45) is 1.35. The molecule has 1 aliphatic heterocycles. The molecule has 0 bridgehead atoms. The molecule has 120 valence electrons. The summed E-state index contributed by atoms with van der Waals surface area (Å²) in [7, 11) is 0. The molecule has 0 radical (unpaired) electrons. The average molecular weight is 306 g/mol. The van der Waals surface area contributed by atoms with E-state index in [0.717, 1.165) is 13.1 Å². The summed E-state index contributed by atoms with van der Waals surface area (Å²) in [5.74, 6) is -0.384. The first-order chi connectivity index (χ1) is 10.6. The maximum Gasteiger partial charge on any atom is 0.253 e. The van der Waals surface area contributed by atoms with E-state index in [9.17, 15) is 14.0 Å². The molecule has 1 aliphatic rings. The van der Waals surface area contributed by atoms with Gasteiger partial charge in [-0.3, -0.25) is 9.59 Å². The van der Waals surface area contributed by atoms with Crippen molar-refractivity contribution in [3.8, 4) is 0 Å². The minimum Gasteiger partial charge on any atom is -0.343 e. The standard InChI is InChI=1S/C17H23FN2O2/c1-3-19(4-2)16(21)13-8-10-20(11-9-13)17(22)14-6-5-7-15(18)12-14/h5-7,12-13H,3-4,8-11H2,1-2H3. The van der Waals surface area contributed by atoms with Crippen LogP contribution in [-0.4, -0.2) is 47.8 Å². The van der Waals surface area contributed by atoms with Gasteiger partial charge >= 0.3 is 0 Å². The predicted octanol–water partition coefficient (Wildman–Crippen LogP) is 2.55. The average Bonchev–Trinajstić information content (AvgIpc) is 2.55. The van der Waals surface area contributed by atoms with E-state index in [1.54, 1.807) is 17.0 Å². The zero-order valence-electron chi connectivity index (χ0n) is 13.2. The number of piperidine rings is 1. The van der Waals surface area contributed by atoms with Gasteiger partial charge in [0.15, 0.2) is 0 Å². The fraction of sp³-hybridized carbons (Fsp3) is 0.529. The van der Waals surface area contributed by atoms with E-state index in [0.29, 0.717) is 31.5 Å². The Balaban J connectivity index is 1.94. The SMILES string of the molecule is CCN(CC)C(=O)C1CCN(C(=O)c2cccc(F)c2)CC1. The summed E-state index contributed by atoms with van der Waals surface area (Å²) >= 11 is 0. The van der Waals surface area contributed by atoms with Crippen molar-refractivity contribution in [1.29, 1.82) is 0 Å². The van der Waals surface area contributed by atoms with Crippen molar-refractivity contribution in [2.45, 2.75) is 26.7 Å². The van der Waals surface area contributed by atoms with Crippen molar-refractivity contribution in [2.75, 3.05) is 26.2 Å². The number of hydrogen-bond donors (Lipinski definition) is 0. The van der Waals surface area contributed by atoms with Crippen LogP contribution >= 0.6 is 0 Å². The highest BCUT2D eigenvalue weighted by molar-refractivity contribution is 5.94. The second-order valence-corrected chi connectivity index (χ2v) is 5.59.